The third-order valence-corrected chi connectivity index (χ3v) is 4.94. The summed E-state index contributed by atoms with van der Waals surface area (Å²) in [6.45, 7) is 3.03. The van der Waals surface area contributed by atoms with E-state index < -0.39 is 5.97 Å². The number of likely N-dealkylation sites (tertiary alicyclic amines) is 1. The minimum absolute atomic E-state index is 0.0370. The van der Waals surface area contributed by atoms with E-state index in [0.29, 0.717) is 29.2 Å². The van der Waals surface area contributed by atoms with Crippen LogP contribution in [0.3, 0.4) is 0 Å². The van der Waals surface area contributed by atoms with Crippen molar-refractivity contribution in [2.45, 2.75) is 19.3 Å². The maximum absolute atomic E-state index is 12.7. The fourth-order valence-corrected chi connectivity index (χ4v) is 3.32. The van der Waals surface area contributed by atoms with Crippen molar-refractivity contribution in [3.63, 3.8) is 0 Å². The zero-order chi connectivity index (χ0) is 17.3. The van der Waals surface area contributed by atoms with Crippen LogP contribution in [0.2, 0.25) is 5.02 Å². The number of rotatable bonds is 3. The lowest BCUT2D eigenvalue weighted by molar-refractivity contribution is 0.0695. The molecule has 0 aromatic heterocycles. The molecule has 3 rings (SSSR count). The van der Waals surface area contributed by atoms with Crippen LogP contribution in [0.15, 0.2) is 42.5 Å². The van der Waals surface area contributed by atoms with E-state index in [1.54, 1.807) is 35.2 Å². The molecule has 1 heterocycles. The van der Waals surface area contributed by atoms with Gasteiger partial charge in [0, 0.05) is 29.6 Å². The van der Waals surface area contributed by atoms with Crippen LogP contribution in [0.5, 0.6) is 0 Å². The molecule has 0 spiro atoms. The third-order valence-electron chi connectivity index (χ3n) is 4.51. The molecule has 0 bridgehead atoms. The Morgan fingerprint density at radius 3 is 2.67 bits per heavy atom. The van der Waals surface area contributed by atoms with Crippen LogP contribution in [-0.4, -0.2) is 35.0 Å². The Hall–Kier alpha value is -2.33. The van der Waals surface area contributed by atoms with Crippen molar-refractivity contribution >= 4 is 23.5 Å². The van der Waals surface area contributed by atoms with Gasteiger partial charge in [-0.1, -0.05) is 29.8 Å². The highest BCUT2D eigenvalue weighted by Crippen LogP contribution is 2.30. The number of halogens is 1. The summed E-state index contributed by atoms with van der Waals surface area (Å²) >= 11 is 6.01. The molecule has 0 radical (unpaired) electrons. The van der Waals surface area contributed by atoms with Crippen LogP contribution in [0, 0.1) is 6.92 Å². The van der Waals surface area contributed by atoms with Gasteiger partial charge in [0.2, 0.25) is 0 Å². The van der Waals surface area contributed by atoms with Crippen molar-refractivity contribution in [1.82, 2.24) is 4.90 Å². The van der Waals surface area contributed by atoms with Crippen LogP contribution in [-0.2, 0) is 0 Å². The lowest BCUT2D eigenvalue weighted by Crippen LogP contribution is -2.28. The first kappa shape index (κ1) is 16.5. The molecule has 1 N–H and O–H groups in total. The smallest absolute Gasteiger partial charge is 0.335 e. The molecule has 1 atom stereocenters. The summed E-state index contributed by atoms with van der Waals surface area (Å²) in [5.74, 6) is -0.913. The number of hydrogen-bond acceptors (Lipinski definition) is 2. The van der Waals surface area contributed by atoms with Crippen LogP contribution in [0.1, 0.15) is 44.2 Å². The summed E-state index contributed by atoms with van der Waals surface area (Å²) in [7, 11) is 0. The molecule has 4 nitrogen and oxygen atoms in total. The topological polar surface area (TPSA) is 57.6 Å². The van der Waals surface area contributed by atoms with E-state index in [1.165, 1.54) is 0 Å². The van der Waals surface area contributed by atoms with Crippen LogP contribution >= 0.6 is 11.6 Å². The Labute approximate surface area is 145 Å². The standard InChI is InChI=1S/C19H18ClNO3/c1-12-10-13(6-7-17(12)20)18(22)21-9-8-14(11-21)15-4-2-3-5-16(15)19(23)24/h2-7,10,14H,8-9,11H2,1H3,(H,23,24). The fourth-order valence-electron chi connectivity index (χ4n) is 3.21. The highest BCUT2D eigenvalue weighted by Gasteiger charge is 2.30. The highest BCUT2D eigenvalue weighted by atomic mass is 35.5. The molecule has 0 saturated carbocycles. The van der Waals surface area contributed by atoms with Gasteiger partial charge in [0.25, 0.3) is 5.91 Å². The van der Waals surface area contributed by atoms with E-state index in [9.17, 15) is 14.7 Å². The monoisotopic (exact) mass is 343 g/mol. The van der Waals surface area contributed by atoms with Crippen molar-refractivity contribution < 1.29 is 14.7 Å². The van der Waals surface area contributed by atoms with E-state index in [4.69, 9.17) is 11.6 Å². The van der Waals surface area contributed by atoms with Gasteiger partial charge in [0.1, 0.15) is 0 Å². The van der Waals surface area contributed by atoms with Crippen LogP contribution in [0.4, 0.5) is 0 Å². The number of carbonyl (C=O) groups excluding carboxylic acids is 1. The fraction of sp³-hybridized carbons (Fsp3) is 0.263. The predicted molar refractivity (Wildman–Crippen MR) is 92.9 cm³/mol. The predicted octanol–water partition coefficient (Wildman–Crippen LogP) is 3.98. The van der Waals surface area contributed by atoms with Gasteiger partial charge in [-0.05, 0) is 48.7 Å². The summed E-state index contributed by atoms with van der Waals surface area (Å²) < 4.78 is 0. The number of carboxylic acids is 1. The largest absolute Gasteiger partial charge is 0.478 e. The minimum Gasteiger partial charge on any atom is -0.478 e. The summed E-state index contributed by atoms with van der Waals surface area (Å²) in [6, 6.07) is 12.3. The van der Waals surface area contributed by atoms with Crippen LogP contribution < -0.4 is 0 Å². The number of benzene rings is 2. The van der Waals surface area contributed by atoms with Gasteiger partial charge in [-0.15, -0.1) is 0 Å². The van der Waals surface area contributed by atoms with Gasteiger partial charge in [-0.2, -0.15) is 0 Å². The lowest BCUT2D eigenvalue weighted by atomic mass is 9.93. The summed E-state index contributed by atoms with van der Waals surface area (Å²) in [5.41, 5.74) is 2.60. The second-order valence-corrected chi connectivity index (χ2v) is 6.50. The van der Waals surface area contributed by atoms with E-state index in [0.717, 1.165) is 17.5 Å². The molecule has 0 aliphatic carbocycles. The van der Waals surface area contributed by atoms with Crippen molar-refractivity contribution in [2.75, 3.05) is 13.1 Å². The van der Waals surface area contributed by atoms with Crippen molar-refractivity contribution in [2.24, 2.45) is 0 Å². The molecule has 2 aromatic rings. The molecule has 1 aliphatic rings. The SMILES string of the molecule is Cc1cc(C(=O)N2CCC(c3ccccc3C(=O)O)C2)ccc1Cl. The Morgan fingerprint density at radius 1 is 1.21 bits per heavy atom. The van der Waals surface area contributed by atoms with Gasteiger partial charge in [0.15, 0.2) is 0 Å². The third kappa shape index (κ3) is 3.15. The Kier molecular flexibility index (Phi) is 4.58. The summed E-state index contributed by atoms with van der Waals surface area (Å²) in [6.07, 6.45) is 0.766. The summed E-state index contributed by atoms with van der Waals surface area (Å²) in [5, 5.41) is 9.98. The first-order chi connectivity index (χ1) is 11.5. The first-order valence-corrected chi connectivity index (χ1v) is 8.23. The van der Waals surface area contributed by atoms with E-state index in [1.807, 2.05) is 19.1 Å². The summed E-state index contributed by atoms with van der Waals surface area (Å²) in [4.78, 5) is 25.8. The second-order valence-electron chi connectivity index (χ2n) is 6.09. The molecule has 24 heavy (non-hydrogen) atoms. The van der Waals surface area contributed by atoms with Gasteiger partial charge in [-0.3, -0.25) is 4.79 Å². The second kappa shape index (κ2) is 6.65. The van der Waals surface area contributed by atoms with Gasteiger partial charge >= 0.3 is 5.97 Å². The maximum atomic E-state index is 12.7. The molecule has 1 aliphatic heterocycles. The first-order valence-electron chi connectivity index (χ1n) is 7.85. The number of aryl methyl sites for hydroxylation is 1. The quantitative estimate of drug-likeness (QED) is 0.917. The van der Waals surface area contributed by atoms with E-state index in [2.05, 4.69) is 0 Å². The molecule has 1 unspecified atom stereocenters. The highest BCUT2D eigenvalue weighted by molar-refractivity contribution is 6.31. The maximum Gasteiger partial charge on any atom is 0.335 e. The number of carbonyl (C=O) groups is 2. The van der Waals surface area contributed by atoms with Crippen molar-refractivity contribution in [1.29, 1.82) is 0 Å². The van der Waals surface area contributed by atoms with Crippen molar-refractivity contribution in [3.05, 3.63) is 69.7 Å². The van der Waals surface area contributed by atoms with Crippen molar-refractivity contribution in [3.8, 4) is 0 Å². The van der Waals surface area contributed by atoms with E-state index >= 15 is 0 Å². The minimum atomic E-state index is -0.927. The average molecular weight is 344 g/mol. The zero-order valence-electron chi connectivity index (χ0n) is 13.3. The molecule has 1 amide bonds. The molecular formula is C19H18ClNO3. The molecule has 5 heteroatoms. The number of nitrogens with zero attached hydrogens (tertiary/aromatic N) is 1. The molecule has 1 saturated heterocycles. The van der Waals surface area contributed by atoms with Gasteiger partial charge in [-0.25, -0.2) is 4.79 Å². The Balaban J connectivity index is 1.79. The average Bonchev–Trinajstić information content (AvgIpc) is 3.06. The van der Waals surface area contributed by atoms with E-state index in [-0.39, 0.29) is 11.8 Å². The Morgan fingerprint density at radius 2 is 1.96 bits per heavy atom. The van der Waals surface area contributed by atoms with Crippen LogP contribution in [0.25, 0.3) is 0 Å². The molecular weight excluding hydrogens is 326 g/mol. The van der Waals surface area contributed by atoms with Gasteiger partial charge < -0.3 is 10.0 Å². The molecule has 124 valence electrons. The number of hydrogen-bond donors (Lipinski definition) is 1. The molecule has 1 fully saturated rings. The Bertz CT molecular complexity index is 803. The number of amides is 1. The zero-order valence-corrected chi connectivity index (χ0v) is 14.1. The number of carboxylic acid groups (broad SMARTS) is 1. The lowest BCUT2D eigenvalue weighted by Gasteiger charge is -2.18. The number of aromatic carboxylic acids is 1. The molecule has 2 aromatic carbocycles. The van der Waals surface area contributed by atoms with Gasteiger partial charge in [0.05, 0.1) is 5.56 Å². The normalized spacial score (nSPS) is 17.1.